The first-order valence-electron chi connectivity index (χ1n) is 5.03. The Kier molecular flexibility index (Phi) is 7.51. The van der Waals surface area contributed by atoms with Crippen molar-refractivity contribution in [2.24, 2.45) is 5.92 Å². The molecule has 0 rings (SSSR count). The van der Waals surface area contributed by atoms with E-state index in [1.54, 1.807) is 0 Å². The zero-order valence-corrected chi connectivity index (χ0v) is 8.29. The number of hydrogen-bond donors (Lipinski definition) is 2. The largest absolute Gasteiger partial charge is 0.396 e. The van der Waals surface area contributed by atoms with Crippen LogP contribution in [0.2, 0.25) is 0 Å². The first kappa shape index (κ1) is 11.9. The summed E-state index contributed by atoms with van der Waals surface area (Å²) in [6.07, 6.45) is 4.64. The van der Waals surface area contributed by atoms with Crippen LogP contribution in [0.4, 0.5) is 0 Å². The van der Waals surface area contributed by atoms with Crippen molar-refractivity contribution in [3.8, 4) is 0 Å². The van der Waals surface area contributed by atoms with Crippen LogP contribution in [0.5, 0.6) is 0 Å². The van der Waals surface area contributed by atoms with Crippen LogP contribution in [0.1, 0.15) is 46.0 Å². The normalized spacial score (nSPS) is 16.0. The molecule has 0 aliphatic heterocycles. The Bertz CT molecular complexity index is 93.8. The molecule has 74 valence electrons. The van der Waals surface area contributed by atoms with Crippen LogP contribution >= 0.6 is 0 Å². The van der Waals surface area contributed by atoms with Crippen molar-refractivity contribution in [3.63, 3.8) is 0 Å². The van der Waals surface area contributed by atoms with Crippen LogP contribution in [0, 0.1) is 5.92 Å². The Hall–Kier alpha value is -0.0800. The summed E-state index contributed by atoms with van der Waals surface area (Å²) < 4.78 is 0. The van der Waals surface area contributed by atoms with Gasteiger partial charge < -0.3 is 10.2 Å². The van der Waals surface area contributed by atoms with Gasteiger partial charge in [-0.2, -0.15) is 0 Å². The SMILES string of the molecule is CCCC(CO)CCC(O)CC. The summed E-state index contributed by atoms with van der Waals surface area (Å²) in [6.45, 7) is 4.38. The van der Waals surface area contributed by atoms with E-state index in [-0.39, 0.29) is 12.7 Å². The van der Waals surface area contributed by atoms with Gasteiger partial charge in [0.05, 0.1) is 6.10 Å². The molecule has 0 bridgehead atoms. The molecule has 0 saturated carbocycles. The molecule has 12 heavy (non-hydrogen) atoms. The van der Waals surface area contributed by atoms with Crippen molar-refractivity contribution >= 4 is 0 Å². The maximum Gasteiger partial charge on any atom is 0.0537 e. The number of hydrogen-bond acceptors (Lipinski definition) is 2. The van der Waals surface area contributed by atoms with E-state index in [4.69, 9.17) is 5.11 Å². The third-order valence-corrected chi connectivity index (χ3v) is 2.33. The Balaban J connectivity index is 3.43. The molecule has 2 heteroatoms. The van der Waals surface area contributed by atoms with E-state index in [2.05, 4.69) is 6.92 Å². The summed E-state index contributed by atoms with van der Waals surface area (Å²) in [5, 5.41) is 18.3. The minimum absolute atomic E-state index is 0.170. The number of aliphatic hydroxyl groups excluding tert-OH is 2. The lowest BCUT2D eigenvalue weighted by Crippen LogP contribution is -2.11. The highest BCUT2D eigenvalue weighted by Gasteiger charge is 2.08. The number of aliphatic hydroxyl groups is 2. The van der Waals surface area contributed by atoms with Gasteiger partial charge in [0.15, 0.2) is 0 Å². The van der Waals surface area contributed by atoms with Crippen LogP contribution < -0.4 is 0 Å². The highest BCUT2D eigenvalue weighted by molar-refractivity contribution is 4.60. The van der Waals surface area contributed by atoms with Gasteiger partial charge in [-0.15, -0.1) is 0 Å². The van der Waals surface area contributed by atoms with Gasteiger partial charge in [0, 0.05) is 6.61 Å². The van der Waals surface area contributed by atoms with Crippen molar-refractivity contribution in [2.75, 3.05) is 6.61 Å². The maximum absolute atomic E-state index is 9.29. The van der Waals surface area contributed by atoms with E-state index in [1.807, 2.05) is 6.92 Å². The minimum atomic E-state index is -0.170. The third-order valence-electron chi connectivity index (χ3n) is 2.33. The summed E-state index contributed by atoms with van der Waals surface area (Å²) in [5.74, 6) is 0.399. The molecule has 0 aromatic carbocycles. The minimum Gasteiger partial charge on any atom is -0.396 e. The summed E-state index contributed by atoms with van der Waals surface area (Å²) >= 11 is 0. The van der Waals surface area contributed by atoms with Crippen LogP contribution in [-0.4, -0.2) is 22.9 Å². The molecule has 2 atom stereocenters. The molecule has 0 aromatic rings. The quantitative estimate of drug-likeness (QED) is 0.619. The Morgan fingerprint density at radius 1 is 1.08 bits per heavy atom. The lowest BCUT2D eigenvalue weighted by molar-refractivity contribution is 0.135. The molecule has 0 fully saturated rings. The maximum atomic E-state index is 9.29. The van der Waals surface area contributed by atoms with E-state index in [0.29, 0.717) is 5.92 Å². The smallest absolute Gasteiger partial charge is 0.0537 e. The molecule has 0 aromatic heterocycles. The van der Waals surface area contributed by atoms with Crippen LogP contribution in [0.3, 0.4) is 0 Å². The van der Waals surface area contributed by atoms with Gasteiger partial charge in [-0.25, -0.2) is 0 Å². The molecular formula is C10H22O2. The topological polar surface area (TPSA) is 40.5 Å². The lowest BCUT2D eigenvalue weighted by Gasteiger charge is -2.14. The van der Waals surface area contributed by atoms with Crippen molar-refractivity contribution in [1.29, 1.82) is 0 Å². The van der Waals surface area contributed by atoms with Gasteiger partial charge >= 0.3 is 0 Å². The average molecular weight is 174 g/mol. The van der Waals surface area contributed by atoms with Gasteiger partial charge in [-0.05, 0) is 31.6 Å². The summed E-state index contributed by atoms with van der Waals surface area (Å²) in [5.41, 5.74) is 0. The molecule has 0 spiro atoms. The predicted molar refractivity (Wildman–Crippen MR) is 51.0 cm³/mol. The first-order chi connectivity index (χ1) is 5.74. The highest BCUT2D eigenvalue weighted by atomic mass is 16.3. The van der Waals surface area contributed by atoms with Crippen molar-refractivity contribution in [2.45, 2.75) is 52.1 Å². The van der Waals surface area contributed by atoms with Crippen molar-refractivity contribution in [3.05, 3.63) is 0 Å². The molecule has 0 radical (unpaired) electrons. The second-order valence-corrected chi connectivity index (χ2v) is 3.48. The molecule has 0 aliphatic carbocycles. The molecule has 0 heterocycles. The fraction of sp³-hybridized carbons (Fsp3) is 1.00. The zero-order chi connectivity index (χ0) is 9.40. The third kappa shape index (κ3) is 5.56. The average Bonchev–Trinajstić information content (AvgIpc) is 2.11. The van der Waals surface area contributed by atoms with Gasteiger partial charge in [0.1, 0.15) is 0 Å². The molecule has 2 unspecified atom stereocenters. The lowest BCUT2D eigenvalue weighted by atomic mass is 9.96. The van der Waals surface area contributed by atoms with E-state index < -0.39 is 0 Å². The van der Waals surface area contributed by atoms with Crippen LogP contribution in [0.15, 0.2) is 0 Å². The highest BCUT2D eigenvalue weighted by Crippen LogP contribution is 2.14. The Labute approximate surface area is 75.6 Å². The Morgan fingerprint density at radius 3 is 2.17 bits per heavy atom. The van der Waals surface area contributed by atoms with Gasteiger partial charge in [-0.1, -0.05) is 20.3 Å². The summed E-state index contributed by atoms with van der Waals surface area (Å²) in [4.78, 5) is 0. The van der Waals surface area contributed by atoms with E-state index >= 15 is 0 Å². The van der Waals surface area contributed by atoms with Gasteiger partial charge in [0.25, 0.3) is 0 Å². The standard InChI is InChI=1S/C10H22O2/c1-3-5-9(8-11)6-7-10(12)4-2/h9-12H,3-8H2,1-2H3. The monoisotopic (exact) mass is 174 g/mol. The van der Waals surface area contributed by atoms with E-state index in [1.165, 1.54) is 0 Å². The van der Waals surface area contributed by atoms with Crippen molar-refractivity contribution < 1.29 is 10.2 Å². The fourth-order valence-electron chi connectivity index (χ4n) is 1.37. The Morgan fingerprint density at radius 2 is 1.75 bits per heavy atom. The van der Waals surface area contributed by atoms with Crippen LogP contribution in [0.25, 0.3) is 0 Å². The van der Waals surface area contributed by atoms with Gasteiger partial charge in [0.2, 0.25) is 0 Å². The van der Waals surface area contributed by atoms with E-state index in [9.17, 15) is 5.11 Å². The van der Waals surface area contributed by atoms with Crippen molar-refractivity contribution in [1.82, 2.24) is 0 Å². The second-order valence-electron chi connectivity index (χ2n) is 3.48. The second kappa shape index (κ2) is 7.56. The fourth-order valence-corrected chi connectivity index (χ4v) is 1.37. The zero-order valence-electron chi connectivity index (χ0n) is 8.29. The summed E-state index contributed by atoms with van der Waals surface area (Å²) in [6, 6.07) is 0. The molecular weight excluding hydrogens is 152 g/mol. The molecule has 0 saturated heterocycles. The molecule has 0 amide bonds. The first-order valence-corrected chi connectivity index (χ1v) is 5.03. The van der Waals surface area contributed by atoms with E-state index in [0.717, 1.165) is 32.1 Å². The summed E-state index contributed by atoms with van der Waals surface area (Å²) in [7, 11) is 0. The molecule has 2 N–H and O–H groups in total. The molecule has 0 aliphatic rings. The predicted octanol–water partition coefficient (Wildman–Crippen LogP) is 1.95. The van der Waals surface area contributed by atoms with Crippen LogP contribution in [-0.2, 0) is 0 Å². The number of rotatable bonds is 7. The van der Waals surface area contributed by atoms with Gasteiger partial charge in [-0.3, -0.25) is 0 Å². The molecule has 2 nitrogen and oxygen atoms in total.